The molecule has 0 N–H and O–H groups in total. The monoisotopic (exact) mass is 385 g/mol. The van der Waals surface area contributed by atoms with Crippen molar-refractivity contribution in [2.75, 3.05) is 13.1 Å². The van der Waals surface area contributed by atoms with Crippen molar-refractivity contribution >= 4 is 33.0 Å². The topological polar surface area (TPSA) is 89.4 Å². The predicted octanol–water partition coefficient (Wildman–Crippen LogP) is 3.22. The summed E-state index contributed by atoms with van der Waals surface area (Å²) < 4.78 is 37.8. The number of hydrogen-bond donors (Lipinski definition) is 0. The fourth-order valence-corrected chi connectivity index (χ4v) is 5.76. The number of aromatic nitrogens is 2. The Morgan fingerprint density at radius 3 is 2.92 bits per heavy atom. The lowest BCUT2D eigenvalue weighted by atomic mass is 10.1. The molecule has 0 aromatic carbocycles. The fraction of sp³-hybridized carbons (Fsp3) is 0.286. The Kier molecular flexibility index (Phi) is 3.95. The molecule has 0 spiro atoms. The molecule has 0 unspecified atom stereocenters. The van der Waals surface area contributed by atoms with Crippen molar-refractivity contribution in [3.8, 4) is 11.7 Å². The van der Waals surface area contributed by atoms with Crippen molar-refractivity contribution in [2.45, 2.75) is 16.5 Å². The molecule has 1 aliphatic rings. The molecule has 24 heavy (non-hydrogen) atoms. The van der Waals surface area contributed by atoms with Crippen LogP contribution < -0.4 is 0 Å². The molecule has 126 valence electrons. The van der Waals surface area contributed by atoms with Crippen LogP contribution in [0.4, 0.5) is 0 Å². The summed E-state index contributed by atoms with van der Waals surface area (Å²) in [7, 11) is -3.53. The normalized spacial score (nSPS) is 19.1. The summed E-state index contributed by atoms with van der Waals surface area (Å²) in [5.74, 6) is 1.16. The molecule has 0 aliphatic carbocycles. The number of hydrogen-bond acceptors (Lipinski definition) is 7. The van der Waals surface area contributed by atoms with E-state index in [-0.39, 0.29) is 10.1 Å². The zero-order valence-electron chi connectivity index (χ0n) is 12.3. The van der Waals surface area contributed by atoms with Gasteiger partial charge in [-0.25, -0.2) is 8.42 Å². The first-order chi connectivity index (χ1) is 11.5. The second-order valence-electron chi connectivity index (χ2n) is 5.34. The summed E-state index contributed by atoms with van der Waals surface area (Å²) in [5, 5.41) is 3.96. The van der Waals surface area contributed by atoms with E-state index < -0.39 is 10.0 Å². The van der Waals surface area contributed by atoms with Crippen LogP contribution in [0.5, 0.6) is 0 Å². The maximum atomic E-state index is 12.6. The van der Waals surface area contributed by atoms with E-state index in [9.17, 15) is 8.42 Å². The molecule has 0 radical (unpaired) electrons. The van der Waals surface area contributed by atoms with Crippen LogP contribution in [-0.2, 0) is 10.0 Å². The number of rotatable bonds is 4. The first-order valence-electron chi connectivity index (χ1n) is 7.17. The highest BCUT2D eigenvalue weighted by atomic mass is 35.5. The van der Waals surface area contributed by atoms with Gasteiger partial charge in [0.15, 0.2) is 11.6 Å². The first-order valence-corrected chi connectivity index (χ1v) is 9.80. The summed E-state index contributed by atoms with van der Waals surface area (Å²) in [4.78, 5) is 4.32. The van der Waals surface area contributed by atoms with Gasteiger partial charge in [-0.2, -0.15) is 9.29 Å². The third-order valence-corrected chi connectivity index (χ3v) is 7.40. The number of nitrogens with zero attached hydrogens (tertiary/aromatic N) is 3. The number of furan rings is 1. The highest BCUT2D eigenvalue weighted by Gasteiger charge is 2.36. The molecular weight excluding hydrogens is 374 g/mol. The Hall–Kier alpha value is -1.68. The zero-order valence-corrected chi connectivity index (χ0v) is 14.6. The van der Waals surface area contributed by atoms with E-state index in [1.54, 1.807) is 18.2 Å². The first kappa shape index (κ1) is 15.8. The molecule has 1 aliphatic heterocycles. The highest BCUT2D eigenvalue weighted by molar-refractivity contribution is 7.91. The summed E-state index contributed by atoms with van der Waals surface area (Å²) >= 11 is 6.90. The molecular formula is C14H12ClN3O4S2. The van der Waals surface area contributed by atoms with Gasteiger partial charge in [0, 0.05) is 19.0 Å². The third kappa shape index (κ3) is 2.77. The molecule has 0 saturated carbocycles. The molecule has 1 fully saturated rings. The van der Waals surface area contributed by atoms with Crippen LogP contribution in [0.3, 0.4) is 0 Å². The number of thiophene rings is 1. The maximum absolute atomic E-state index is 12.6. The average Bonchev–Trinajstić information content (AvgIpc) is 3.32. The van der Waals surface area contributed by atoms with Crippen molar-refractivity contribution in [1.29, 1.82) is 0 Å². The van der Waals surface area contributed by atoms with Gasteiger partial charge in [-0.1, -0.05) is 16.8 Å². The predicted molar refractivity (Wildman–Crippen MR) is 87.4 cm³/mol. The van der Waals surface area contributed by atoms with E-state index in [0.29, 0.717) is 41.3 Å². The van der Waals surface area contributed by atoms with Crippen molar-refractivity contribution in [1.82, 2.24) is 14.4 Å². The van der Waals surface area contributed by atoms with Gasteiger partial charge in [-0.15, -0.1) is 11.3 Å². The molecule has 4 rings (SSSR count). The molecule has 3 aromatic rings. The fourth-order valence-electron chi connectivity index (χ4n) is 2.62. The van der Waals surface area contributed by atoms with Crippen LogP contribution in [0.25, 0.3) is 11.7 Å². The van der Waals surface area contributed by atoms with Crippen LogP contribution >= 0.6 is 22.9 Å². The molecule has 4 heterocycles. The smallest absolute Gasteiger partial charge is 0.293 e. The van der Waals surface area contributed by atoms with Gasteiger partial charge in [0.25, 0.3) is 15.9 Å². The van der Waals surface area contributed by atoms with Crippen LogP contribution in [0.1, 0.15) is 18.2 Å². The lowest BCUT2D eigenvalue weighted by Gasteiger charge is -2.14. The molecule has 3 aromatic heterocycles. The van der Waals surface area contributed by atoms with Gasteiger partial charge in [-0.05, 0) is 30.7 Å². The molecule has 10 heteroatoms. The Labute approximate surface area is 146 Å². The van der Waals surface area contributed by atoms with Gasteiger partial charge in [-0.3, -0.25) is 0 Å². The second kappa shape index (κ2) is 5.99. The van der Waals surface area contributed by atoms with Gasteiger partial charge in [0.05, 0.1) is 10.6 Å². The van der Waals surface area contributed by atoms with E-state index in [4.69, 9.17) is 20.5 Å². The minimum atomic E-state index is -3.53. The average molecular weight is 386 g/mol. The SMILES string of the molecule is O=S(=O)(c1ccc(Cl)s1)N1CC[C@H](c2noc(-c3ccco3)n2)C1. The van der Waals surface area contributed by atoms with Gasteiger partial charge >= 0.3 is 0 Å². The molecule has 0 bridgehead atoms. The Morgan fingerprint density at radius 2 is 2.21 bits per heavy atom. The molecule has 0 amide bonds. The molecule has 7 nitrogen and oxygen atoms in total. The van der Waals surface area contributed by atoms with Gasteiger partial charge in [0.1, 0.15) is 4.21 Å². The Morgan fingerprint density at radius 1 is 1.33 bits per heavy atom. The van der Waals surface area contributed by atoms with E-state index in [0.717, 1.165) is 11.3 Å². The van der Waals surface area contributed by atoms with Crippen LogP contribution in [-0.4, -0.2) is 36.0 Å². The summed E-state index contributed by atoms with van der Waals surface area (Å²) in [5.41, 5.74) is 0. The van der Waals surface area contributed by atoms with E-state index >= 15 is 0 Å². The van der Waals surface area contributed by atoms with Crippen LogP contribution in [0.2, 0.25) is 4.34 Å². The largest absolute Gasteiger partial charge is 0.459 e. The summed E-state index contributed by atoms with van der Waals surface area (Å²) in [6.45, 7) is 0.724. The van der Waals surface area contributed by atoms with Crippen molar-refractivity contribution in [3.05, 3.63) is 40.7 Å². The minimum absolute atomic E-state index is 0.109. The quantitative estimate of drug-likeness (QED) is 0.685. The minimum Gasteiger partial charge on any atom is -0.459 e. The number of halogens is 1. The number of sulfonamides is 1. The van der Waals surface area contributed by atoms with E-state index in [1.165, 1.54) is 16.6 Å². The summed E-state index contributed by atoms with van der Waals surface area (Å²) in [6, 6.07) is 6.57. The van der Waals surface area contributed by atoms with Gasteiger partial charge in [0.2, 0.25) is 0 Å². The van der Waals surface area contributed by atoms with E-state index in [1.807, 2.05) is 0 Å². The van der Waals surface area contributed by atoms with E-state index in [2.05, 4.69) is 10.1 Å². The molecule has 1 atom stereocenters. The summed E-state index contributed by atoms with van der Waals surface area (Å²) in [6.07, 6.45) is 2.16. The highest BCUT2D eigenvalue weighted by Crippen LogP contribution is 2.34. The lowest BCUT2D eigenvalue weighted by Crippen LogP contribution is -2.28. The van der Waals surface area contributed by atoms with Gasteiger partial charge < -0.3 is 8.94 Å². The Balaban J connectivity index is 1.53. The standard InChI is InChI=1S/C14H12ClN3O4S2/c15-11-3-4-12(23-11)24(19,20)18-6-5-9(8-18)13-16-14(22-17-13)10-2-1-7-21-10/h1-4,7,9H,5-6,8H2/t9-/m0/s1. The van der Waals surface area contributed by atoms with Crippen molar-refractivity contribution in [2.24, 2.45) is 0 Å². The van der Waals surface area contributed by atoms with Crippen LogP contribution in [0, 0.1) is 0 Å². The maximum Gasteiger partial charge on any atom is 0.293 e. The van der Waals surface area contributed by atoms with Crippen molar-refractivity contribution < 1.29 is 17.4 Å². The Bertz CT molecular complexity index is 949. The molecule has 1 saturated heterocycles. The van der Waals surface area contributed by atoms with Crippen LogP contribution in [0.15, 0.2) is 43.7 Å². The third-order valence-electron chi connectivity index (χ3n) is 3.83. The van der Waals surface area contributed by atoms with Crippen molar-refractivity contribution in [3.63, 3.8) is 0 Å². The second-order valence-corrected chi connectivity index (χ2v) is 9.22. The zero-order chi connectivity index (χ0) is 16.7. The lowest BCUT2D eigenvalue weighted by molar-refractivity contribution is 0.403.